The first kappa shape index (κ1) is 20.8. The van der Waals surface area contributed by atoms with Crippen LogP contribution in [0.5, 0.6) is 0 Å². The van der Waals surface area contributed by atoms with Crippen molar-refractivity contribution in [1.29, 1.82) is 0 Å². The number of urea groups is 1. The van der Waals surface area contributed by atoms with Crippen LogP contribution in [0.15, 0.2) is 51.3 Å². The highest BCUT2D eigenvalue weighted by Crippen LogP contribution is 2.37. The van der Waals surface area contributed by atoms with Crippen molar-refractivity contribution in [2.24, 2.45) is 15.2 Å². The molecule has 4 rings (SSSR count). The molecule has 2 amide bonds. The molecule has 9 heteroatoms. The number of ether oxygens (including phenoxy) is 1. The number of rotatable bonds is 3. The van der Waals surface area contributed by atoms with Crippen LogP contribution >= 0.6 is 11.6 Å². The molecule has 1 aromatic carbocycles. The molecular weight excluding hydrogens is 404 g/mol. The second kappa shape index (κ2) is 8.73. The van der Waals surface area contributed by atoms with E-state index in [0.29, 0.717) is 24.2 Å². The van der Waals surface area contributed by atoms with E-state index < -0.39 is 5.54 Å². The summed E-state index contributed by atoms with van der Waals surface area (Å²) in [5.41, 5.74) is 1.49. The van der Waals surface area contributed by atoms with Gasteiger partial charge in [0.25, 0.3) is 0 Å². The molecule has 2 saturated heterocycles. The first-order valence-corrected chi connectivity index (χ1v) is 10.6. The van der Waals surface area contributed by atoms with Crippen molar-refractivity contribution in [1.82, 2.24) is 15.5 Å². The summed E-state index contributed by atoms with van der Waals surface area (Å²) in [5, 5.41) is 15.4. The van der Waals surface area contributed by atoms with Crippen LogP contribution in [0.4, 0.5) is 4.79 Å². The molecule has 3 aliphatic heterocycles. The molecule has 2 N–H and O–H groups in total. The maximum absolute atomic E-state index is 12.8. The molecule has 3 heterocycles. The smallest absolute Gasteiger partial charge is 0.362 e. The minimum Gasteiger partial charge on any atom is -0.381 e. The minimum absolute atomic E-state index is 0.0873. The van der Waals surface area contributed by atoms with Crippen molar-refractivity contribution in [2.75, 3.05) is 19.8 Å². The normalized spacial score (nSPS) is 23.6. The van der Waals surface area contributed by atoms with Crippen molar-refractivity contribution < 1.29 is 9.53 Å². The summed E-state index contributed by atoms with van der Waals surface area (Å²) in [6.45, 7) is 6.35. The number of halogens is 1. The molecule has 0 bridgehead atoms. The summed E-state index contributed by atoms with van der Waals surface area (Å²) < 4.78 is 5.41. The van der Waals surface area contributed by atoms with Crippen molar-refractivity contribution in [3.05, 3.63) is 46.6 Å². The molecular formula is C21H27ClN6O2. The topological polar surface area (TPSA) is 90.7 Å². The summed E-state index contributed by atoms with van der Waals surface area (Å²) in [7, 11) is 0. The Bertz CT molecular complexity index is 891. The predicted molar refractivity (Wildman–Crippen MR) is 116 cm³/mol. The average Bonchev–Trinajstić information content (AvgIpc) is 2.99. The largest absolute Gasteiger partial charge is 0.381 e. The number of guanidine groups is 1. The summed E-state index contributed by atoms with van der Waals surface area (Å²) in [4.78, 5) is 19.3. The van der Waals surface area contributed by atoms with E-state index in [4.69, 9.17) is 21.3 Å². The first-order valence-electron chi connectivity index (χ1n) is 10.3. The van der Waals surface area contributed by atoms with Gasteiger partial charge in [0.2, 0.25) is 0 Å². The van der Waals surface area contributed by atoms with Gasteiger partial charge in [0, 0.05) is 37.0 Å². The number of amides is 2. The molecule has 0 radical (unpaired) electrons. The van der Waals surface area contributed by atoms with Gasteiger partial charge in [-0.1, -0.05) is 28.8 Å². The van der Waals surface area contributed by atoms with Crippen molar-refractivity contribution in [3.8, 4) is 0 Å². The zero-order valence-corrected chi connectivity index (χ0v) is 18.0. The fourth-order valence-corrected chi connectivity index (χ4v) is 4.30. The zero-order valence-electron chi connectivity index (χ0n) is 17.3. The third-order valence-corrected chi connectivity index (χ3v) is 6.07. The van der Waals surface area contributed by atoms with Gasteiger partial charge in [0.1, 0.15) is 0 Å². The van der Waals surface area contributed by atoms with Crippen LogP contribution in [0, 0.1) is 0 Å². The lowest BCUT2D eigenvalue weighted by Gasteiger charge is -2.31. The molecule has 30 heavy (non-hydrogen) atoms. The van der Waals surface area contributed by atoms with Gasteiger partial charge < -0.3 is 20.3 Å². The van der Waals surface area contributed by atoms with E-state index in [1.54, 1.807) is 11.0 Å². The van der Waals surface area contributed by atoms with Crippen molar-refractivity contribution >= 4 is 23.6 Å². The van der Waals surface area contributed by atoms with E-state index in [2.05, 4.69) is 20.9 Å². The fraction of sp³-hybridized carbons (Fsp3) is 0.524. The maximum atomic E-state index is 12.8. The van der Waals surface area contributed by atoms with Gasteiger partial charge in [0.05, 0.1) is 18.1 Å². The average molecular weight is 431 g/mol. The van der Waals surface area contributed by atoms with Crippen molar-refractivity contribution in [2.45, 2.75) is 50.9 Å². The number of carbonyl (C=O) groups is 1. The van der Waals surface area contributed by atoms with Crippen LogP contribution in [-0.2, 0) is 11.3 Å². The van der Waals surface area contributed by atoms with Gasteiger partial charge in [0.15, 0.2) is 5.96 Å². The van der Waals surface area contributed by atoms with Crippen LogP contribution in [-0.4, -0.2) is 54.3 Å². The Hall–Kier alpha value is -2.45. The molecule has 160 valence electrons. The number of nitrogens with one attached hydrogen (secondary N) is 2. The Kier molecular flexibility index (Phi) is 6.06. The molecule has 1 aromatic rings. The lowest BCUT2D eigenvalue weighted by atomic mass is 9.93. The minimum atomic E-state index is -0.489. The molecule has 0 spiro atoms. The van der Waals surface area contributed by atoms with E-state index in [0.717, 1.165) is 43.2 Å². The molecule has 1 unspecified atom stereocenters. The van der Waals surface area contributed by atoms with Gasteiger partial charge in [-0.05, 0) is 50.0 Å². The Morgan fingerprint density at radius 3 is 2.97 bits per heavy atom. The number of fused-ring (bicyclic) bond motifs is 1. The molecule has 0 aromatic heterocycles. The Labute approximate surface area is 181 Å². The van der Waals surface area contributed by atoms with Crippen LogP contribution < -0.4 is 10.6 Å². The number of aliphatic imine (C=N–C) groups is 1. The van der Waals surface area contributed by atoms with E-state index in [9.17, 15) is 4.79 Å². The second-order valence-electron chi connectivity index (χ2n) is 8.25. The highest BCUT2D eigenvalue weighted by Gasteiger charge is 2.47. The molecule has 1 atom stereocenters. The molecule has 2 fully saturated rings. The van der Waals surface area contributed by atoms with Gasteiger partial charge in [-0.3, -0.25) is 0 Å². The summed E-state index contributed by atoms with van der Waals surface area (Å²) in [5.74, 6) is 0.753. The Morgan fingerprint density at radius 2 is 2.20 bits per heavy atom. The predicted octanol–water partition coefficient (Wildman–Crippen LogP) is 3.49. The number of azo groups is 1. The van der Waals surface area contributed by atoms with Crippen LogP contribution in [0.25, 0.3) is 0 Å². The number of nitrogens with zero attached hydrogens (tertiary/aromatic N) is 4. The third kappa shape index (κ3) is 4.49. The first-order chi connectivity index (χ1) is 14.4. The molecule has 8 nitrogen and oxygen atoms in total. The number of hydrogen-bond donors (Lipinski definition) is 2. The summed E-state index contributed by atoms with van der Waals surface area (Å²) >= 11 is 5.99. The van der Waals surface area contributed by atoms with E-state index in [1.807, 2.05) is 38.2 Å². The standard InChI is InChI=1S/C21H27ClN6O2/c1-21(2)17-12-23-19(25-16-6-8-30-9-7-16)26-18(17)13-28(21)20(29)27-24-11-14-4-3-5-15(22)10-14/h3-5,10,12,16,18H,6-9,11,13H2,1-2H3,(H2,23,25,26). The number of hydrogen-bond acceptors (Lipinski definition) is 6. The lowest BCUT2D eigenvalue weighted by Crippen LogP contribution is -2.47. The maximum Gasteiger partial charge on any atom is 0.362 e. The fourth-order valence-electron chi connectivity index (χ4n) is 4.08. The molecule has 3 aliphatic rings. The molecule has 0 aliphatic carbocycles. The summed E-state index contributed by atoms with van der Waals surface area (Å²) in [6.07, 6.45) is 3.89. The van der Waals surface area contributed by atoms with E-state index in [1.165, 1.54) is 0 Å². The van der Waals surface area contributed by atoms with Crippen molar-refractivity contribution in [3.63, 3.8) is 0 Å². The number of likely N-dealkylation sites (tertiary alicyclic amines) is 1. The van der Waals surface area contributed by atoms with E-state index >= 15 is 0 Å². The van der Waals surface area contributed by atoms with Crippen LogP contribution in [0.2, 0.25) is 5.02 Å². The van der Waals surface area contributed by atoms with Gasteiger partial charge in [-0.2, -0.15) is 5.11 Å². The van der Waals surface area contributed by atoms with Crippen LogP contribution in [0.3, 0.4) is 0 Å². The quantitative estimate of drug-likeness (QED) is 0.718. The molecule has 0 saturated carbocycles. The SMILES string of the molecule is CC1(C)C2=CNC(NC3CCOCC3)=NC2CN1C(=O)N=NCc1cccc(Cl)c1. The highest BCUT2D eigenvalue weighted by molar-refractivity contribution is 6.30. The van der Waals surface area contributed by atoms with Crippen LogP contribution in [0.1, 0.15) is 32.3 Å². The van der Waals surface area contributed by atoms with Gasteiger partial charge >= 0.3 is 6.03 Å². The highest BCUT2D eigenvalue weighted by atomic mass is 35.5. The lowest BCUT2D eigenvalue weighted by molar-refractivity contribution is 0.0822. The third-order valence-electron chi connectivity index (χ3n) is 5.84. The summed E-state index contributed by atoms with van der Waals surface area (Å²) in [6, 6.07) is 7.29. The Balaban J connectivity index is 1.40. The zero-order chi connectivity index (χ0) is 21.1. The number of benzene rings is 1. The second-order valence-corrected chi connectivity index (χ2v) is 8.69. The Morgan fingerprint density at radius 1 is 1.40 bits per heavy atom. The van der Waals surface area contributed by atoms with E-state index in [-0.39, 0.29) is 12.1 Å². The monoisotopic (exact) mass is 430 g/mol. The number of carbonyl (C=O) groups excluding carboxylic acids is 1. The van der Waals surface area contributed by atoms with Gasteiger partial charge in [-0.15, -0.1) is 0 Å². The van der Waals surface area contributed by atoms with Gasteiger partial charge in [-0.25, -0.2) is 9.79 Å².